The number of rotatable bonds is 7. The maximum Gasteiger partial charge on any atom is 0.239 e. The number of aromatic nitrogens is 1. The number of para-hydroxylation sites is 1. The molecule has 5 rings (SSSR count). The predicted octanol–water partition coefficient (Wildman–Crippen LogP) is 4.55. The highest BCUT2D eigenvalue weighted by molar-refractivity contribution is 5.95. The Morgan fingerprint density at radius 3 is 2.58 bits per heavy atom. The highest BCUT2D eigenvalue weighted by Gasteiger charge is 2.21. The van der Waals surface area contributed by atoms with Gasteiger partial charge >= 0.3 is 0 Å². The Morgan fingerprint density at radius 1 is 0.970 bits per heavy atom. The number of likely N-dealkylation sites (tertiary alicyclic amines) is 1. The first-order valence-electron chi connectivity index (χ1n) is 12.4. The van der Waals surface area contributed by atoms with Crippen molar-refractivity contribution in [2.24, 2.45) is 5.92 Å². The smallest absolute Gasteiger partial charge is 0.239 e. The van der Waals surface area contributed by atoms with Crippen molar-refractivity contribution >= 4 is 22.5 Å². The lowest BCUT2D eigenvalue weighted by Gasteiger charge is -2.32. The highest BCUT2D eigenvalue weighted by atomic mass is 16.1. The van der Waals surface area contributed by atoms with E-state index in [1.807, 2.05) is 6.07 Å². The van der Waals surface area contributed by atoms with Crippen molar-refractivity contribution in [3.05, 3.63) is 71.4 Å². The lowest BCUT2D eigenvalue weighted by atomic mass is 9.92. The van der Waals surface area contributed by atoms with Crippen LogP contribution in [-0.4, -0.2) is 42.0 Å². The van der Waals surface area contributed by atoms with Gasteiger partial charge in [0.05, 0.1) is 12.1 Å². The van der Waals surface area contributed by atoms with Crippen LogP contribution < -0.4 is 10.6 Å². The maximum atomic E-state index is 12.7. The first-order chi connectivity index (χ1) is 16.3. The molecule has 0 radical (unpaired) electrons. The molecule has 1 aliphatic carbocycles. The summed E-state index contributed by atoms with van der Waals surface area (Å²) in [6.07, 6.45) is 6.74. The SMILES string of the molecule is O=C(CNc1c2c(nc3ccccc13)CCCC2)NCC1CCN(Cc2ccccc2)CC1. The van der Waals surface area contributed by atoms with Crippen LogP contribution >= 0.6 is 0 Å². The summed E-state index contributed by atoms with van der Waals surface area (Å²) in [4.78, 5) is 20.1. The molecule has 33 heavy (non-hydrogen) atoms. The molecule has 0 atom stereocenters. The molecule has 2 N–H and O–H groups in total. The number of fused-ring (bicyclic) bond motifs is 2. The minimum atomic E-state index is 0.0761. The van der Waals surface area contributed by atoms with E-state index >= 15 is 0 Å². The van der Waals surface area contributed by atoms with Crippen molar-refractivity contribution in [3.8, 4) is 0 Å². The van der Waals surface area contributed by atoms with E-state index in [0.29, 0.717) is 12.5 Å². The van der Waals surface area contributed by atoms with Crippen LogP contribution in [0.15, 0.2) is 54.6 Å². The molecule has 1 aliphatic heterocycles. The van der Waals surface area contributed by atoms with E-state index in [-0.39, 0.29) is 5.91 Å². The molecule has 2 aliphatic rings. The van der Waals surface area contributed by atoms with Crippen LogP contribution in [0.5, 0.6) is 0 Å². The molecule has 1 aromatic heterocycles. The topological polar surface area (TPSA) is 57.3 Å². The Labute approximate surface area is 196 Å². The third-order valence-corrected chi connectivity index (χ3v) is 7.14. The fraction of sp³-hybridized carbons (Fsp3) is 0.429. The molecule has 1 fully saturated rings. The van der Waals surface area contributed by atoms with Crippen LogP contribution in [0.4, 0.5) is 5.69 Å². The van der Waals surface area contributed by atoms with Crippen molar-refractivity contribution < 1.29 is 4.79 Å². The van der Waals surface area contributed by atoms with E-state index in [0.717, 1.165) is 68.5 Å². The average molecular weight is 443 g/mol. The second kappa shape index (κ2) is 10.3. The lowest BCUT2D eigenvalue weighted by molar-refractivity contribution is -0.119. The molecule has 1 saturated heterocycles. The molecule has 0 spiro atoms. The third-order valence-electron chi connectivity index (χ3n) is 7.14. The largest absolute Gasteiger partial charge is 0.375 e. The summed E-state index contributed by atoms with van der Waals surface area (Å²) < 4.78 is 0. The van der Waals surface area contributed by atoms with Gasteiger partial charge in [0, 0.05) is 29.9 Å². The van der Waals surface area contributed by atoms with E-state index in [4.69, 9.17) is 4.98 Å². The van der Waals surface area contributed by atoms with Gasteiger partial charge in [-0.2, -0.15) is 0 Å². The Bertz CT molecular complexity index is 1090. The summed E-state index contributed by atoms with van der Waals surface area (Å²) in [7, 11) is 0. The molecule has 0 unspecified atom stereocenters. The molecule has 0 saturated carbocycles. The fourth-order valence-corrected chi connectivity index (χ4v) is 5.25. The summed E-state index contributed by atoms with van der Waals surface area (Å²) >= 11 is 0. The van der Waals surface area contributed by atoms with E-state index in [1.54, 1.807) is 0 Å². The van der Waals surface area contributed by atoms with Gasteiger partial charge in [0.25, 0.3) is 0 Å². The van der Waals surface area contributed by atoms with Gasteiger partial charge in [0.1, 0.15) is 0 Å². The number of hydrogen-bond donors (Lipinski definition) is 2. The summed E-state index contributed by atoms with van der Waals surface area (Å²) in [6, 6.07) is 18.9. The minimum absolute atomic E-state index is 0.0761. The molecular formula is C28H34N4O. The number of pyridine rings is 1. The number of nitrogens with one attached hydrogen (secondary N) is 2. The molecule has 172 valence electrons. The molecule has 3 aromatic rings. The third kappa shape index (κ3) is 5.36. The zero-order valence-corrected chi connectivity index (χ0v) is 19.4. The van der Waals surface area contributed by atoms with Crippen LogP contribution in [0.1, 0.15) is 42.5 Å². The van der Waals surface area contributed by atoms with Crippen LogP contribution in [0.25, 0.3) is 10.9 Å². The Morgan fingerprint density at radius 2 is 1.73 bits per heavy atom. The zero-order chi connectivity index (χ0) is 22.5. The number of hydrogen-bond acceptors (Lipinski definition) is 4. The first-order valence-corrected chi connectivity index (χ1v) is 12.4. The van der Waals surface area contributed by atoms with Crippen LogP contribution in [0, 0.1) is 5.92 Å². The Balaban J connectivity index is 1.12. The fourth-order valence-electron chi connectivity index (χ4n) is 5.25. The van der Waals surface area contributed by atoms with Crippen LogP contribution in [-0.2, 0) is 24.2 Å². The van der Waals surface area contributed by atoms with Gasteiger partial charge in [-0.3, -0.25) is 14.7 Å². The van der Waals surface area contributed by atoms with E-state index in [9.17, 15) is 4.79 Å². The number of nitrogens with zero attached hydrogens (tertiary/aromatic N) is 2. The van der Waals surface area contributed by atoms with Crippen molar-refractivity contribution in [2.75, 3.05) is 31.5 Å². The normalized spacial score (nSPS) is 17.0. The predicted molar refractivity (Wildman–Crippen MR) is 134 cm³/mol. The van der Waals surface area contributed by atoms with E-state index in [1.165, 1.54) is 29.7 Å². The summed E-state index contributed by atoms with van der Waals surface area (Å²) in [5.74, 6) is 0.641. The number of amides is 1. The quantitative estimate of drug-likeness (QED) is 0.563. The van der Waals surface area contributed by atoms with E-state index < -0.39 is 0 Å². The summed E-state index contributed by atoms with van der Waals surface area (Å²) in [5.41, 5.74) is 6.01. The minimum Gasteiger partial charge on any atom is -0.375 e. The van der Waals surface area contributed by atoms with Gasteiger partial charge in [-0.1, -0.05) is 48.5 Å². The standard InChI is InChI=1S/C28H34N4O/c33-27(29-18-21-14-16-32(17-15-21)20-22-8-2-1-3-9-22)19-30-28-23-10-4-6-12-25(23)31-26-13-7-5-11-24(26)28/h1-4,6,8-10,12,21H,5,7,11,13-20H2,(H,29,33)(H,30,31). The Hall–Kier alpha value is -2.92. The number of anilines is 1. The molecule has 0 bridgehead atoms. The Kier molecular flexibility index (Phi) is 6.87. The van der Waals surface area contributed by atoms with Crippen molar-refractivity contribution in [1.29, 1.82) is 0 Å². The average Bonchev–Trinajstić information content (AvgIpc) is 2.87. The molecular weight excluding hydrogens is 408 g/mol. The van der Waals surface area contributed by atoms with Gasteiger partial charge in [-0.25, -0.2) is 0 Å². The second-order valence-corrected chi connectivity index (χ2v) is 9.50. The van der Waals surface area contributed by atoms with Crippen molar-refractivity contribution in [3.63, 3.8) is 0 Å². The summed E-state index contributed by atoms with van der Waals surface area (Å²) in [6.45, 7) is 4.31. The van der Waals surface area contributed by atoms with Crippen molar-refractivity contribution in [2.45, 2.75) is 45.1 Å². The first kappa shape index (κ1) is 21.9. The van der Waals surface area contributed by atoms with E-state index in [2.05, 4.69) is 64.1 Å². The number of carbonyl (C=O) groups excluding carboxylic acids is 1. The zero-order valence-electron chi connectivity index (χ0n) is 19.4. The second-order valence-electron chi connectivity index (χ2n) is 9.50. The van der Waals surface area contributed by atoms with Gasteiger partial charge in [-0.15, -0.1) is 0 Å². The number of carbonyl (C=O) groups is 1. The molecule has 5 heteroatoms. The van der Waals surface area contributed by atoms with Gasteiger partial charge < -0.3 is 10.6 Å². The molecule has 5 nitrogen and oxygen atoms in total. The van der Waals surface area contributed by atoms with Gasteiger partial charge in [0.15, 0.2) is 0 Å². The molecule has 2 aromatic carbocycles. The molecule has 1 amide bonds. The number of aryl methyl sites for hydroxylation is 1. The monoisotopic (exact) mass is 442 g/mol. The van der Waals surface area contributed by atoms with Gasteiger partial charge in [-0.05, 0) is 74.7 Å². The maximum absolute atomic E-state index is 12.7. The van der Waals surface area contributed by atoms with Crippen LogP contribution in [0.2, 0.25) is 0 Å². The highest BCUT2D eigenvalue weighted by Crippen LogP contribution is 2.33. The van der Waals surface area contributed by atoms with Gasteiger partial charge in [0.2, 0.25) is 5.91 Å². The van der Waals surface area contributed by atoms with Crippen molar-refractivity contribution in [1.82, 2.24) is 15.2 Å². The lowest BCUT2D eigenvalue weighted by Crippen LogP contribution is -2.39. The number of benzene rings is 2. The number of piperidine rings is 1. The molecule has 2 heterocycles. The summed E-state index contributed by atoms with van der Waals surface area (Å²) in [5, 5.41) is 7.78. The van der Waals surface area contributed by atoms with Crippen LogP contribution in [0.3, 0.4) is 0 Å².